The van der Waals surface area contributed by atoms with Gasteiger partial charge >= 0.3 is 11.9 Å². The molecule has 1 aliphatic heterocycles. The molecule has 2 aromatic rings. The molecule has 0 aliphatic carbocycles. The predicted molar refractivity (Wildman–Crippen MR) is 126 cm³/mol. The van der Waals surface area contributed by atoms with Gasteiger partial charge in [-0.15, -0.1) is 0 Å². The Bertz CT molecular complexity index is 1000. The minimum absolute atomic E-state index is 0.0519. The first kappa shape index (κ1) is 27.3. The molecule has 0 atom stereocenters. The highest BCUT2D eigenvalue weighted by Gasteiger charge is 2.24. The second kappa shape index (κ2) is 13.0. The third-order valence-corrected chi connectivity index (χ3v) is 5.36. The van der Waals surface area contributed by atoms with Crippen LogP contribution in [0.3, 0.4) is 0 Å². The minimum atomic E-state index is -1.82. The summed E-state index contributed by atoms with van der Waals surface area (Å²) in [6.07, 6.45) is 0. The maximum Gasteiger partial charge on any atom is 0.414 e. The first-order valence-corrected chi connectivity index (χ1v) is 10.6. The summed E-state index contributed by atoms with van der Waals surface area (Å²) in [5, 5.41) is 14.8. The fourth-order valence-corrected chi connectivity index (χ4v) is 3.55. The minimum Gasteiger partial charge on any atom is -0.497 e. The second-order valence-electron chi connectivity index (χ2n) is 7.40. The molecule has 1 fully saturated rings. The van der Waals surface area contributed by atoms with E-state index in [2.05, 4.69) is 4.90 Å². The maximum absolute atomic E-state index is 12.7. The summed E-state index contributed by atoms with van der Waals surface area (Å²) >= 11 is 0. The fraction of sp³-hybridized carbons (Fsp3) is 0.375. The van der Waals surface area contributed by atoms with Crippen molar-refractivity contribution in [2.24, 2.45) is 0 Å². The molecule has 190 valence electrons. The van der Waals surface area contributed by atoms with Crippen LogP contribution in [0.2, 0.25) is 0 Å². The average molecular weight is 491 g/mol. The molecular weight excluding hydrogens is 460 g/mol. The summed E-state index contributed by atoms with van der Waals surface area (Å²) in [5.74, 6) is -0.927. The van der Waals surface area contributed by atoms with E-state index < -0.39 is 11.9 Å². The average Bonchev–Trinajstić information content (AvgIpc) is 2.88. The molecule has 1 aliphatic rings. The first-order chi connectivity index (χ1) is 16.7. The Morgan fingerprint density at radius 1 is 0.743 bits per heavy atom. The Morgan fingerprint density at radius 2 is 1.31 bits per heavy atom. The van der Waals surface area contributed by atoms with E-state index in [1.165, 1.54) is 0 Å². The third kappa shape index (κ3) is 7.24. The zero-order chi connectivity index (χ0) is 26.0. The lowest BCUT2D eigenvalue weighted by atomic mass is 10.1. The van der Waals surface area contributed by atoms with Gasteiger partial charge < -0.3 is 34.1 Å². The van der Waals surface area contributed by atoms with E-state index in [9.17, 15) is 4.79 Å². The number of nitrogens with zero attached hydrogens (tertiary/aromatic N) is 2. The number of amides is 1. The fourth-order valence-electron chi connectivity index (χ4n) is 3.55. The quantitative estimate of drug-likeness (QED) is 0.554. The number of carboxylic acid groups (broad SMARTS) is 2. The highest BCUT2D eigenvalue weighted by atomic mass is 16.5. The van der Waals surface area contributed by atoms with Gasteiger partial charge in [0, 0.05) is 43.9 Å². The van der Waals surface area contributed by atoms with Crippen molar-refractivity contribution >= 4 is 17.8 Å². The highest BCUT2D eigenvalue weighted by Crippen LogP contribution is 2.40. The van der Waals surface area contributed by atoms with Crippen molar-refractivity contribution in [2.45, 2.75) is 6.54 Å². The SMILES string of the molecule is COc1ccc(C(=O)N2CCN(Cc3ccc(OC)c(OC)c3OC)CC2)cc1.O=C(O)C(=O)O. The largest absolute Gasteiger partial charge is 0.497 e. The van der Waals surface area contributed by atoms with E-state index in [-0.39, 0.29) is 5.91 Å². The molecule has 0 saturated carbocycles. The summed E-state index contributed by atoms with van der Waals surface area (Å²) in [6, 6.07) is 11.1. The van der Waals surface area contributed by atoms with Crippen molar-refractivity contribution in [2.75, 3.05) is 54.6 Å². The van der Waals surface area contributed by atoms with Gasteiger partial charge in [0.15, 0.2) is 11.5 Å². The van der Waals surface area contributed by atoms with Crippen LogP contribution < -0.4 is 18.9 Å². The van der Waals surface area contributed by atoms with Crippen LogP contribution in [-0.4, -0.2) is 92.5 Å². The van der Waals surface area contributed by atoms with Crippen LogP contribution in [0.5, 0.6) is 23.0 Å². The first-order valence-electron chi connectivity index (χ1n) is 10.6. The lowest BCUT2D eigenvalue weighted by Crippen LogP contribution is -2.48. The summed E-state index contributed by atoms with van der Waals surface area (Å²) in [5.41, 5.74) is 1.71. The Kier molecular flexibility index (Phi) is 10.2. The summed E-state index contributed by atoms with van der Waals surface area (Å²) < 4.78 is 21.6. The number of carbonyl (C=O) groups excluding carboxylic acids is 1. The van der Waals surface area contributed by atoms with Crippen LogP contribution in [0.4, 0.5) is 0 Å². The number of methoxy groups -OCH3 is 4. The van der Waals surface area contributed by atoms with Gasteiger partial charge in [-0.2, -0.15) is 0 Å². The number of hydrogen-bond acceptors (Lipinski definition) is 8. The molecule has 1 heterocycles. The van der Waals surface area contributed by atoms with E-state index in [0.717, 1.165) is 24.4 Å². The van der Waals surface area contributed by atoms with Crippen molar-refractivity contribution in [1.29, 1.82) is 0 Å². The number of rotatable bonds is 7. The highest BCUT2D eigenvalue weighted by molar-refractivity contribution is 6.27. The molecule has 0 radical (unpaired) electrons. The van der Waals surface area contributed by atoms with Crippen molar-refractivity contribution in [3.8, 4) is 23.0 Å². The number of ether oxygens (including phenoxy) is 4. The Hall–Kier alpha value is -3.99. The summed E-state index contributed by atoms with van der Waals surface area (Å²) in [6.45, 7) is 3.66. The molecule has 0 bridgehead atoms. The molecule has 0 aromatic heterocycles. The van der Waals surface area contributed by atoms with Gasteiger partial charge in [0.1, 0.15) is 5.75 Å². The molecule has 11 nitrogen and oxygen atoms in total. The molecule has 2 N–H and O–H groups in total. The molecule has 2 aromatic carbocycles. The van der Waals surface area contributed by atoms with Gasteiger partial charge in [-0.1, -0.05) is 6.07 Å². The van der Waals surface area contributed by atoms with E-state index >= 15 is 0 Å². The summed E-state index contributed by atoms with van der Waals surface area (Å²) in [7, 11) is 6.46. The monoisotopic (exact) mass is 490 g/mol. The van der Waals surface area contributed by atoms with E-state index in [1.54, 1.807) is 28.4 Å². The number of carboxylic acids is 2. The van der Waals surface area contributed by atoms with E-state index in [4.69, 9.17) is 38.7 Å². The van der Waals surface area contributed by atoms with Gasteiger partial charge in [-0.3, -0.25) is 9.69 Å². The molecule has 1 saturated heterocycles. The number of hydrogen-bond donors (Lipinski definition) is 2. The second-order valence-corrected chi connectivity index (χ2v) is 7.40. The Labute approximate surface area is 203 Å². The van der Waals surface area contributed by atoms with Crippen LogP contribution in [0.25, 0.3) is 0 Å². The zero-order valence-corrected chi connectivity index (χ0v) is 20.1. The standard InChI is InChI=1S/C22H28N2O5.C2H2O4/c1-26-18-8-5-16(6-9-18)22(25)24-13-11-23(12-14-24)15-17-7-10-19(27-2)21(29-4)20(17)28-3;3-1(4)2(5)6/h5-10H,11-15H2,1-4H3;(H,3,4)(H,5,6). The van der Waals surface area contributed by atoms with Crippen LogP contribution in [0.1, 0.15) is 15.9 Å². The Balaban J connectivity index is 0.000000641. The number of piperazine rings is 1. The van der Waals surface area contributed by atoms with E-state index in [0.29, 0.717) is 42.4 Å². The molecule has 1 amide bonds. The van der Waals surface area contributed by atoms with Gasteiger partial charge in [0.2, 0.25) is 5.75 Å². The lowest BCUT2D eigenvalue weighted by Gasteiger charge is -2.35. The molecular formula is C24H30N2O9. The van der Waals surface area contributed by atoms with Gasteiger partial charge in [-0.05, 0) is 30.3 Å². The number of aliphatic carboxylic acids is 2. The number of benzene rings is 2. The molecule has 0 spiro atoms. The van der Waals surface area contributed by atoms with Crippen LogP contribution in [0, 0.1) is 0 Å². The Morgan fingerprint density at radius 3 is 1.77 bits per heavy atom. The smallest absolute Gasteiger partial charge is 0.414 e. The van der Waals surface area contributed by atoms with Gasteiger partial charge in [0.05, 0.1) is 28.4 Å². The van der Waals surface area contributed by atoms with Gasteiger partial charge in [-0.25, -0.2) is 9.59 Å². The molecule has 3 rings (SSSR count). The van der Waals surface area contributed by atoms with Crippen LogP contribution >= 0.6 is 0 Å². The maximum atomic E-state index is 12.7. The zero-order valence-electron chi connectivity index (χ0n) is 20.1. The van der Waals surface area contributed by atoms with Crippen LogP contribution in [-0.2, 0) is 16.1 Å². The predicted octanol–water partition coefficient (Wildman–Crippen LogP) is 1.83. The third-order valence-electron chi connectivity index (χ3n) is 5.36. The van der Waals surface area contributed by atoms with Crippen molar-refractivity contribution in [3.05, 3.63) is 47.5 Å². The van der Waals surface area contributed by atoms with E-state index in [1.807, 2.05) is 41.3 Å². The van der Waals surface area contributed by atoms with Crippen LogP contribution in [0.15, 0.2) is 36.4 Å². The summed E-state index contributed by atoms with van der Waals surface area (Å²) in [4.78, 5) is 35.1. The molecule has 35 heavy (non-hydrogen) atoms. The molecule has 0 unspecified atom stereocenters. The normalized spacial score (nSPS) is 13.2. The van der Waals surface area contributed by atoms with Gasteiger partial charge in [0.25, 0.3) is 5.91 Å². The lowest BCUT2D eigenvalue weighted by molar-refractivity contribution is -0.159. The van der Waals surface area contributed by atoms with Crippen molar-refractivity contribution in [1.82, 2.24) is 9.80 Å². The van der Waals surface area contributed by atoms with Crippen molar-refractivity contribution in [3.63, 3.8) is 0 Å². The topological polar surface area (TPSA) is 135 Å². The molecule has 11 heteroatoms. The number of carbonyl (C=O) groups is 3. The van der Waals surface area contributed by atoms with Crippen molar-refractivity contribution < 1.29 is 43.5 Å².